The molecule has 0 rings (SSSR count). The molecule has 0 fully saturated rings. The van der Waals surface area contributed by atoms with Gasteiger partial charge in [-0.3, -0.25) is 9.59 Å². The van der Waals surface area contributed by atoms with Crippen LogP contribution in [0.2, 0.25) is 0 Å². The molecule has 60 heavy (non-hydrogen) atoms. The zero-order valence-electron chi connectivity index (χ0n) is 40.2. The van der Waals surface area contributed by atoms with Crippen LogP contribution in [0, 0.1) is 0 Å². The van der Waals surface area contributed by atoms with Crippen LogP contribution < -0.4 is 5.32 Å². The van der Waals surface area contributed by atoms with Gasteiger partial charge in [-0.1, -0.05) is 237 Å². The molecular weight excluding hydrogens is 743 g/mol. The van der Waals surface area contributed by atoms with Crippen molar-refractivity contribution in [3.63, 3.8) is 0 Å². The van der Waals surface area contributed by atoms with E-state index in [-0.39, 0.29) is 18.5 Å². The summed E-state index contributed by atoms with van der Waals surface area (Å²) in [5, 5.41) is 23.0. The number of ether oxygens (including phenoxy) is 1. The van der Waals surface area contributed by atoms with Crippen molar-refractivity contribution in [3.05, 3.63) is 24.3 Å². The number of unbranched alkanes of at least 4 members (excludes halogenated alkanes) is 36. The highest BCUT2D eigenvalue weighted by Crippen LogP contribution is 2.16. The third kappa shape index (κ3) is 45.9. The molecule has 1 amide bonds. The van der Waals surface area contributed by atoms with Crippen LogP contribution in [-0.2, 0) is 14.3 Å². The van der Waals surface area contributed by atoms with E-state index in [0.717, 1.165) is 77.0 Å². The van der Waals surface area contributed by atoms with Crippen LogP contribution in [-0.4, -0.2) is 47.4 Å². The van der Waals surface area contributed by atoms with Crippen LogP contribution in [0.3, 0.4) is 0 Å². The van der Waals surface area contributed by atoms with Gasteiger partial charge in [-0.15, -0.1) is 0 Å². The lowest BCUT2D eigenvalue weighted by Crippen LogP contribution is -2.45. The highest BCUT2D eigenvalue weighted by atomic mass is 16.5. The molecule has 0 aromatic rings. The minimum absolute atomic E-state index is 0.0346. The van der Waals surface area contributed by atoms with E-state index in [1.54, 1.807) is 6.08 Å². The average molecular weight is 846 g/mol. The molecule has 0 saturated carbocycles. The number of amides is 1. The van der Waals surface area contributed by atoms with E-state index in [1.165, 1.54) is 180 Å². The first-order chi connectivity index (χ1) is 29.5. The molecule has 0 aromatic heterocycles. The van der Waals surface area contributed by atoms with E-state index in [4.69, 9.17) is 4.74 Å². The van der Waals surface area contributed by atoms with Gasteiger partial charge in [0.05, 0.1) is 25.4 Å². The zero-order chi connectivity index (χ0) is 43.7. The van der Waals surface area contributed by atoms with Crippen molar-refractivity contribution in [2.75, 3.05) is 13.2 Å². The lowest BCUT2D eigenvalue weighted by Gasteiger charge is -2.20. The van der Waals surface area contributed by atoms with E-state index < -0.39 is 12.1 Å². The highest BCUT2D eigenvalue weighted by molar-refractivity contribution is 5.76. The van der Waals surface area contributed by atoms with Gasteiger partial charge >= 0.3 is 5.97 Å². The molecule has 0 spiro atoms. The Morgan fingerprint density at radius 2 is 0.783 bits per heavy atom. The number of nitrogens with one attached hydrogen (secondary N) is 1. The Kier molecular flexibility index (Phi) is 48.6. The smallest absolute Gasteiger partial charge is 0.305 e. The summed E-state index contributed by atoms with van der Waals surface area (Å²) in [5.41, 5.74) is 0. The van der Waals surface area contributed by atoms with Gasteiger partial charge in [0.2, 0.25) is 5.91 Å². The lowest BCUT2D eigenvalue weighted by atomic mass is 10.0. The third-order valence-corrected chi connectivity index (χ3v) is 12.2. The summed E-state index contributed by atoms with van der Waals surface area (Å²) in [6.45, 7) is 4.82. The van der Waals surface area contributed by atoms with Crippen LogP contribution in [0.5, 0.6) is 0 Å². The Labute approximate surface area is 373 Å². The third-order valence-electron chi connectivity index (χ3n) is 12.2. The summed E-state index contributed by atoms with van der Waals surface area (Å²) < 4.78 is 5.44. The fraction of sp³-hybridized carbons (Fsp3) is 0.889. The van der Waals surface area contributed by atoms with Crippen molar-refractivity contribution in [2.24, 2.45) is 0 Å². The molecule has 0 bridgehead atoms. The Balaban J connectivity index is 3.54. The van der Waals surface area contributed by atoms with Crippen molar-refractivity contribution in [1.82, 2.24) is 5.32 Å². The van der Waals surface area contributed by atoms with Crippen molar-refractivity contribution in [2.45, 2.75) is 296 Å². The van der Waals surface area contributed by atoms with Gasteiger partial charge in [-0.05, 0) is 57.8 Å². The second-order valence-corrected chi connectivity index (χ2v) is 18.2. The molecular formula is C54H103NO5. The molecule has 354 valence electrons. The van der Waals surface area contributed by atoms with E-state index in [2.05, 4.69) is 31.3 Å². The molecule has 0 aliphatic carbocycles. The predicted octanol–water partition coefficient (Wildman–Crippen LogP) is 15.9. The normalized spacial score (nSPS) is 12.8. The maximum absolute atomic E-state index is 12.4. The fourth-order valence-corrected chi connectivity index (χ4v) is 8.10. The average Bonchev–Trinajstić information content (AvgIpc) is 3.25. The van der Waals surface area contributed by atoms with Gasteiger partial charge < -0.3 is 20.3 Å². The number of hydrogen-bond donors (Lipinski definition) is 3. The maximum atomic E-state index is 12.4. The molecule has 2 unspecified atom stereocenters. The summed E-state index contributed by atoms with van der Waals surface area (Å²) >= 11 is 0. The van der Waals surface area contributed by atoms with E-state index in [0.29, 0.717) is 19.4 Å². The first-order valence-corrected chi connectivity index (χ1v) is 26.6. The Bertz CT molecular complexity index is 935. The van der Waals surface area contributed by atoms with Crippen molar-refractivity contribution in [3.8, 4) is 0 Å². The Morgan fingerprint density at radius 1 is 0.450 bits per heavy atom. The van der Waals surface area contributed by atoms with Crippen LogP contribution >= 0.6 is 0 Å². The molecule has 6 nitrogen and oxygen atoms in total. The van der Waals surface area contributed by atoms with Gasteiger partial charge in [0, 0.05) is 12.8 Å². The summed E-state index contributed by atoms with van der Waals surface area (Å²) in [6.07, 6.45) is 59.0. The van der Waals surface area contributed by atoms with Crippen molar-refractivity contribution in [1.29, 1.82) is 0 Å². The quantitative estimate of drug-likeness (QED) is 0.0322. The summed E-state index contributed by atoms with van der Waals surface area (Å²) in [7, 11) is 0. The largest absolute Gasteiger partial charge is 0.466 e. The second-order valence-electron chi connectivity index (χ2n) is 18.2. The molecule has 0 heterocycles. The van der Waals surface area contributed by atoms with Gasteiger partial charge in [-0.2, -0.15) is 0 Å². The molecule has 6 heteroatoms. The van der Waals surface area contributed by atoms with E-state index >= 15 is 0 Å². The van der Waals surface area contributed by atoms with Gasteiger partial charge in [0.25, 0.3) is 0 Å². The second kappa shape index (κ2) is 50.0. The molecule has 0 aliphatic heterocycles. The van der Waals surface area contributed by atoms with Crippen molar-refractivity contribution >= 4 is 11.9 Å². The lowest BCUT2D eigenvalue weighted by molar-refractivity contribution is -0.143. The Hall–Kier alpha value is -1.66. The number of esters is 1. The Morgan fingerprint density at radius 3 is 1.18 bits per heavy atom. The number of carbonyl (C=O) groups excluding carboxylic acids is 2. The van der Waals surface area contributed by atoms with Gasteiger partial charge in [0.15, 0.2) is 0 Å². The molecule has 0 aromatic carbocycles. The molecule has 0 saturated heterocycles. The minimum atomic E-state index is -0.865. The van der Waals surface area contributed by atoms with Gasteiger partial charge in [-0.25, -0.2) is 0 Å². The highest BCUT2D eigenvalue weighted by Gasteiger charge is 2.18. The number of aliphatic hydroxyl groups excluding tert-OH is 2. The summed E-state index contributed by atoms with van der Waals surface area (Å²) in [6, 6.07) is -0.652. The number of allylic oxidation sites excluding steroid dienone is 3. The van der Waals surface area contributed by atoms with E-state index in [1.807, 2.05) is 6.08 Å². The molecule has 0 radical (unpaired) electrons. The SMILES string of the molecule is CCCCCCCCCCCCCCCC/C=C/C(O)C(CO)NC(=O)CCCCCC/C=C\CCCCOC(=O)CCCCCCCCCCCCCCCCCCC. The number of hydrogen-bond acceptors (Lipinski definition) is 5. The summed E-state index contributed by atoms with van der Waals surface area (Å²) in [5.74, 6) is -0.137. The van der Waals surface area contributed by atoms with Crippen LogP contribution in [0.25, 0.3) is 0 Å². The zero-order valence-corrected chi connectivity index (χ0v) is 40.2. The first-order valence-electron chi connectivity index (χ1n) is 26.6. The number of carbonyl (C=O) groups is 2. The number of aliphatic hydroxyl groups is 2. The molecule has 3 N–H and O–H groups in total. The topological polar surface area (TPSA) is 95.9 Å². The molecule has 2 atom stereocenters. The van der Waals surface area contributed by atoms with Crippen molar-refractivity contribution < 1.29 is 24.5 Å². The summed E-state index contributed by atoms with van der Waals surface area (Å²) in [4.78, 5) is 24.5. The fourth-order valence-electron chi connectivity index (χ4n) is 8.10. The minimum Gasteiger partial charge on any atom is -0.466 e. The maximum Gasteiger partial charge on any atom is 0.305 e. The first kappa shape index (κ1) is 58.3. The van der Waals surface area contributed by atoms with Crippen LogP contribution in [0.4, 0.5) is 0 Å². The number of rotatable bonds is 49. The predicted molar refractivity (Wildman–Crippen MR) is 260 cm³/mol. The van der Waals surface area contributed by atoms with E-state index in [9.17, 15) is 19.8 Å². The standard InChI is InChI=1S/C54H103NO5/c1-3-5-7-9-11-13-15-17-19-21-23-25-27-32-36-40-44-48-54(59)60-49-45-41-37-33-29-28-31-35-39-43-47-53(58)55-51(50-56)52(57)46-42-38-34-30-26-24-22-20-18-16-14-12-10-8-6-4-2/h29,33,42,46,51-52,56-57H,3-28,30-32,34-41,43-45,47-50H2,1-2H3,(H,55,58)/b33-29-,46-42+. The molecule has 0 aliphatic rings. The van der Waals surface area contributed by atoms with Gasteiger partial charge in [0.1, 0.15) is 0 Å². The monoisotopic (exact) mass is 846 g/mol. The van der Waals surface area contributed by atoms with Crippen LogP contribution in [0.15, 0.2) is 24.3 Å². The van der Waals surface area contributed by atoms with Crippen LogP contribution in [0.1, 0.15) is 284 Å².